The highest BCUT2D eigenvalue weighted by Gasteiger charge is 2.10. The predicted octanol–water partition coefficient (Wildman–Crippen LogP) is 2.06. The normalized spacial score (nSPS) is 12.4. The molecule has 3 N–H and O–H groups in total. The maximum Gasteiger partial charge on any atom is 0.224 e. The number of thiophene rings is 1. The number of nitrogens with one attached hydrogen (secondary N) is 1. The Morgan fingerprint density at radius 2 is 2.50 bits per heavy atom. The van der Waals surface area contributed by atoms with E-state index >= 15 is 0 Å². The zero-order valence-electron chi connectivity index (χ0n) is 8.32. The lowest BCUT2D eigenvalue weighted by Crippen LogP contribution is -2.21. The van der Waals surface area contributed by atoms with E-state index in [9.17, 15) is 4.79 Å². The second-order valence-corrected chi connectivity index (χ2v) is 4.05. The Hall–Kier alpha value is -0.870. The van der Waals surface area contributed by atoms with Crippen molar-refractivity contribution < 1.29 is 4.79 Å². The van der Waals surface area contributed by atoms with Crippen LogP contribution in [0, 0.1) is 5.92 Å². The van der Waals surface area contributed by atoms with Gasteiger partial charge in [-0.05, 0) is 23.9 Å². The van der Waals surface area contributed by atoms with Gasteiger partial charge in [-0.3, -0.25) is 4.79 Å². The second kappa shape index (κ2) is 5.78. The molecule has 1 aromatic heterocycles. The first-order valence-corrected chi connectivity index (χ1v) is 5.72. The van der Waals surface area contributed by atoms with Gasteiger partial charge in [-0.1, -0.05) is 13.3 Å². The number of carbonyl (C=O) groups excluding carboxylic acids is 1. The van der Waals surface area contributed by atoms with Crippen LogP contribution in [0.25, 0.3) is 0 Å². The highest BCUT2D eigenvalue weighted by molar-refractivity contribution is 7.08. The SMILES string of the molecule is CCC(CN)CC(=O)Nc1ccsc1. The quantitative estimate of drug-likeness (QED) is 0.785. The number of hydrogen-bond acceptors (Lipinski definition) is 3. The second-order valence-electron chi connectivity index (χ2n) is 3.27. The summed E-state index contributed by atoms with van der Waals surface area (Å²) in [5.41, 5.74) is 6.41. The lowest BCUT2D eigenvalue weighted by Gasteiger charge is -2.10. The molecule has 1 amide bonds. The van der Waals surface area contributed by atoms with Crippen molar-refractivity contribution in [3.05, 3.63) is 16.8 Å². The van der Waals surface area contributed by atoms with Crippen LogP contribution in [-0.2, 0) is 4.79 Å². The van der Waals surface area contributed by atoms with E-state index < -0.39 is 0 Å². The number of hydrogen-bond donors (Lipinski definition) is 2. The van der Waals surface area contributed by atoms with Crippen molar-refractivity contribution in [3.63, 3.8) is 0 Å². The summed E-state index contributed by atoms with van der Waals surface area (Å²) in [5.74, 6) is 0.356. The first kappa shape index (κ1) is 11.2. The number of anilines is 1. The van der Waals surface area contributed by atoms with Gasteiger partial charge in [0, 0.05) is 11.8 Å². The Kier molecular flexibility index (Phi) is 4.62. The third kappa shape index (κ3) is 3.47. The third-order valence-electron chi connectivity index (χ3n) is 2.19. The molecule has 78 valence electrons. The summed E-state index contributed by atoms with van der Waals surface area (Å²) in [6.45, 7) is 2.63. The van der Waals surface area contributed by atoms with Gasteiger partial charge in [0.2, 0.25) is 5.91 Å². The standard InChI is InChI=1S/C10H16N2OS/c1-2-8(6-11)5-10(13)12-9-3-4-14-7-9/h3-4,7-8H,2,5-6,11H2,1H3,(H,12,13). The summed E-state index contributed by atoms with van der Waals surface area (Å²) in [6.07, 6.45) is 1.47. The summed E-state index contributed by atoms with van der Waals surface area (Å²) in [7, 11) is 0. The zero-order valence-corrected chi connectivity index (χ0v) is 9.14. The highest BCUT2D eigenvalue weighted by Crippen LogP contribution is 2.13. The van der Waals surface area contributed by atoms with Crippen LogP contribution < -0.4 is 11.1 Å². The molecule has 0 fully saturated rings. The topological polar surface area (TPSA) is 55.1 Å². The van der Waals surface area contributed by atoms with Gasteiger partial charge in [0.15, 0.2) is 0 Å². The van der Waals surface area contributed by atoms with Crippen LogP contribution in [0.1, 0.15) is 19.8 Å². The molecular formula is C10H16N2OS. The lowest BCUT2D eigenvalue weighted by atomic mass is 10.0. The third-order valence-corrected chi connectivity index (χ3v) is 2.87. The van der Waals surface area contributed by atoms with Crippen LogP contribution in [0.15, 0.2) is 16.8 Å². The Labute approximate surface area is 88.3 Å². The summed E-state index contributed by atoms with van der Waals surface area (Å²) < 4.78 is 0. The number of nitrogens with two attached hydrogens (primary N) is 1. The number of amides is 1. The average molecular weight is 212 g/mol. The van der Waals surface area contributed by atoms with Crippen molar-refractivity contribution in [1.29, 1.82) is 0 Å². The van der Waals surface area contributed by atoms with Gasteiger partial charge in [-0.2, -0.15) is 11.3 Å². The molecular weight excluding hydrogens is 196 g/mol. The smallest absolute Gasteiger partial charge is 0.224 e. The molecule has 1 rings (SSSR count). The zero-order chi connectivity index (χ0) is 10.4. The van der Waals surface area contributed by atoms with Gasteiger partial charge in [-0.25, -0.2) is 0 Å². The first-order chi connectivity index (χ1) is 6.76. The minimum Gasteiger partial charge on any atom is -0.330 e. The predicted molar refractivity (Wildman–Crippen MR) is 60.4 cm³/mol. The largest absolute Gasteiger partial charge is 0.330 e. The lowest BCUT2D eigenvalue weighted by molar-refractivity contribution is -0.117. The van der Waals surface area contributed by atoms with Crippen molar-refractivity contribution in [2.75, 3.05) is 11.9 Å². The Morgan fingerprint density at radius 3 is 3.00 bits per heavy atom. The van der Waals surface area contributed by atoms with Crippen LogP contribution in [0.5, 0.6) is 0 Å². The molecule has 1 unspecified atom stereocenters. The average Bonchev–Trinajstić information content (AvgIpc) is 2.66. The van der Waals surface area contributed by atoms with Crippen molar-refractivity contribution in [3.8, 4) is 0 Å². The molecule has 0 aromatic carbocycles. The van der Waals surface area contributed by atoms with Crippen LogP contribution in [0.2, 0.25) is 0 Å². The molecule has 0 saturated heterocycles. The van der Waals surface area contributed by atoms with E-state index in [0.29, 0.717) is 18.9 Å². The molecule has 14 heavy (non-hydrogen) atoms. The van der Waals surface area contributed by atoms with E-state index in [-0.39, 0.29) is 5.91 Å². The summed E-state index contributed by atoms with van der Waals surface area (Å²) >= 11 is 1.57. The maximum absolute atomic E-state index is 11.5. The van der Waals surface area contributed by atoms with Crippen molar-refractivity contribution in [2.45, 2.75) is 19.8 Å². The van der Waals surface area contributed by atoms with E-state index in [1.807, 2.05) is 16.8 Å². The number of rotatable bonds is 5. The minimum atomic E-state index is 0.0562. The molecule has 4 heteroatoms. The van der Waals surface area contributed by atoms with E-state index in [1.54, 1.807) is 11.3 Å². The van der Waals surface area contributed by atoms with E-state index in [1.165, 1.54) is 0 Å². The van der Waals surface area contributed by atoms with Gasteiger partial charge in [0.25, 0.3) is 0 Å². The fourth-order valence-corrected chi connectivity index (χ4v) is 1.79. The molecule has 0 aliphatic rings. The van der Waals surface area contributed by atoms with Gasteiger partial charge in [-0.15, -0.1) is 0 Å². The Balaban J connectivity index is 2.35. The van der Waals surface area contributed by atoms with Gasteiger partial charge in [0.05, 0.1) is 5.69 Å². The first-order valence-electron chi connectivity index (χ1n) is 4.78. The maximum atomic E-state index is 11.5. The summed E-state index contributed by atoms with van der Waals surface area (Å²) in [6, 6.07) is 1.89. The summed E-state index contributed by atoms with van der Waals surface area (Å²) in [4.78, 5) is 11.5. The summed E-state index contributed by atoms with van der Waals surface area (Å²) in [5, 5.41) is 6.70. The Bertz CT molecular complexity index is 268. The molecule has 1 atom stereocenters. The van der Waals surface area contributed by atoms with Crippen molar-refractivity contribution in [1.82, 2.24) is 0 Å². The molecule has 0 aliphatic carbocycles. The van der Waals surface area contributed by atoms with Crippen molar-refractivity contribution >= 4 is 22.9 Å². The van der Waals surface area contributed by atoms with Crippen molar-refractivity contribution in [2.24, 2.45) is 11.7 Å². The van der Waals surface area contributed by atoms with Crippen LogP contribution in [0.3, 0.4) is 0 Å². The highest BCUT2D eigenvalue weighted by atomic mass is 32.1. The van der Waals surface area contributed by atoms with Gasteiger partial charge < -0.3 is 11.1 Å². The van der Waals surface area contributed by atoms with E-state index in [0.717, 1.165) is 12.1 Å². The van der Waals surface area contributed by atoms with Crippen LogP contribution in [0.4, 0.5) is 5.69 Å². The van der Waals surface area contributed by atoms with Crippen LogP contribution >= 0.6 is 11.3 Å². The van der Waals surface area contributed by atoms with E-state index in [4.69, 9.17) is 5.73 Å². The monoisotopic (exact) mass is 212 g/mol. The molecule has 0 aliphatic heterocycles. The molecule has 1 heterocycles. The van der Waals surface area contributed by atoms with Crippen LogP contribution in [-0.4, -0.2) is 12.5 Å². The fourth-order valence-electron chi connectivity index (χ4n) is 1.20. The fraction of sp³-hybridized carbons (Fsp3) is 0.500. The molecule has 0 bridgehead atoms. The molecule has 3 nitrogen and oxygen atoms in total. The molecule has 0 saturated carbocycles. The van der Waals surface area contributed by atoms with Gasteiger partial charge >= 0.3 is 0 Å². The number of carbonyl (C=O) groups is 1. The minimum absolute atomic E-state index is 0.0562. The molecule has 1 aromatic rings. The van der Waals surface area contributed by atoms with Gasteiger partial charge in [0.1, 0.15) is 0 Å². The van der Waals surface area contributed by atoms with E-state index in [2.05, 4.69) is 12.2 Å². The Morgan fingerprint density at radius 1 is 1.71 bits per heavy atom. The molecule has 0 radical (unpaired) electrons. The molecule has 0 spiro atoms.